The maximum atomic E-state index is 11.7. The number of nitrogens with one attached hydrogen (secondary N) is 1. The van der Waals surface area contributed by atoms with Gasteiger partial charge in [-0.05, 0) is 15.9 Å². The largest absolute Gasteiger partial charge is 0.466 e. The van der Waals surface area contributed by atoms with Crippen LogP contribution in [-0.4, -0.2) is 31.1 Å². The molecule has 0 amide bonds. The number of nitro benzene ring substituents is 1. The van der Waals surface area contributed by atoms with E-state index >= 15 is 0 Å². The maximum absolute atomic E-state index is 11.7. The van der Waals surface area contributed by atoms with Gasteiger partial charge in [0.1, 0.15) is 11.4 Å². The van der Waals surface area contributed by atoms with Gasteiger partial charge in [0.15, 0.2) is 0 Å². The monoisotopic (exact) mass is 426 g/mol. The SMILES string of the molecule is COC(=O)/C=C(/Nc1c([N+](=O)[O-])cc(Cl)c(Cl)c1Br)C(=O)OC. The number of carbonyl (C=O) groups excluding carboxylic acids is 2. The van der Waals surface area contributed by atoms with Gasteiger partial charge in [-0.3, -0.25) is 10.1 Å². The van der Waals surface area contributed by atoms with Crippen LogP contribution in [0.5, 0.6) is 0 Å². The van der Waals surface area contributed by atoms with Crippen LogP contribution < -0.4 is 5.32 Å². The molecule has 0 saturated carbocycles. The number of methoxy groups -OCH3 is 2. The number of carbonyl (C=O) groups is 2. The molecule has 0 aliphatic heterocycles. The van der Waals surface area contributed by atoms with Gasteiger partial charge in [-0.2, -0.15) is 0 Å². The summed E-state index contributed by atoms with van der Waals surface area (Å²) in [7, 11) is 2.18. The van der Waals surface area contributed by atoms with E-state index in [0.29, 0.717) is 0 Å². The van der Waals surface area contributed by atoms with Crippen LogP contribution >= 0.6 is 39.1 Å². The van der Waals surface area contributed by atoms with E-state index in [0.717, 1.165) is 26.4 Å². The molecule has 0 heterocycles. The smallest absolute Gasteiger partial charge is 0.354 e. The predicted molar refractivity (Wildman–Crippen MR) is 86.6 cm³/mol. The maximum Gasteiger partial charge on any atom is 0.354 e. The topological polar surface area (TPSA) is 108 Å². The van der Waals surface area contributed by atoms with Crippen molar-refractivity contribution in [1.82, 2.24) is 0 Å². The molecule has 23 heavy (non-hydrogen) atoms. The Morgan fingerprint density at radius 3 is 2.43 bits per heavy atom. The van der Waals surface area contributed by atoms with Crippen LogP contribution in [0.2, 0.25) is 10.0 Å². The lowest BCUT2D eigenvalue weighted by Crippen LogP contribution is -2.16. The molecule has 0 aromatic heterocycles. The molecule has 0 atom stereocenters. The Bertz CT molecular complexity index is 707. The normalized spacial score (nSPS) is 10.9. The summed E-state index contributed by atoms with van der Waals surface area (Å²) in [4.78, 5) is 33.4. The van der Waals surface area contributed by atoms with Gasteiger partial charge >= 0.3 is 11.9 Å². The first-order chi connectivity index (χ1) is 10.7. The quantitative estimate of drug-likeness (QED) is 0.252. The third-order valence-corrected chi connectivity index (χ3v) is 4.28. The van der Waals surface area contributed by atoms with Gasteiger partial charge in [-0.1, -0.05) is 23.2 Å². The molecule has 0 radical (unpaired) electrons. The molecule has 1 N–H and O–H groups in total. The summed E-state index contributed by atoms with van der Waals surface area (Å²) >= 11 is 14.8. The molecule has 1 aromatic carbocycles. The van der Waals surface area contributed by atoms with Crippen molar-refractivity contribution in [3.63, 3.8) is 0 Å². The number of rotatable bonds is 5. The zero-order valence-electron chi connectivity index (χ0n) is 11.7. The van der Waals surface area contributed by atoms with Crippen molar-refractivity contribution < 1.29 is 24.0 Å². The predicted octanol–water partition coefficient (Wildman–Crippen LogP) is 3.31. The van der Waals surface area contributed by atoms with Crippen molar-refractivity contribution in [2.75, 3.05) is 19.5 Å². The molecular formula is C12H9BrCl2N2O6. The molecule has 1 aromatic rings. The highest BCUT2D eigenvalue weighted by Gasteiger charge is 2.25. The summed E-state index contributed by atoms with van der Waals surface area (Å²) in [6, 6.07) is 1.00. The molecule has 124 valence electrons. The fourth-order valence-electron chi connectivity index (χ4n) is 1.41. The number of ether oxygens (including phenoxy) is 2. The first kappa shape index (κ1) is 19.2. The van der Waals surface area contributed by atoms with E-state index in [1.807, 2.05) is 0 Å². The number of esters is 2. The molecule has 0 bridgehead atoms. The van der Waals surface area contributed by atoms with Gasteiger partial charge < -0.3 is 14.8 Å². The third-order valence-electron chi connectivity index (χ3n) is 2.47. The number of nitrogens with zero attached hydrogens (tertiary/aromatic N) is 1. The van der Waals surface area contributed by atoms with Gasteiger partial charge in [0, 0.05) is 6.07 Å². The van der Waals surface area contributed by atoms with Gasteiger partial charge in [-0.15, -0.1) is 0 Å². The Morgan fingerprint density at radius 2 is 1.96 bits per heavy atom. The van der Waals surface area contributed by atoms with Gasteiger partial charge in [0.25, 0.3) is 5.69 Å². The van der Waals surface area contributed by atoms with Crippen LogP contribution in [0.25, 0.3) is 0 Å². The molecular weight excluding hydrogens is 419 g/mol. The van der Waals surface area contributed by atoms with Crippen molar-refractivity contribution in [3.8, 4) is 0 Å². The summed E-state index contributed by atoms with van der Waals surface area (Å²) in [5.41, 5.74) is -1.03. The zero-order chi connectivity index (χ0) is 17.7. The first-order valence-electron chi connectivity index (χ1n) is 5.69. The van der Waals surface area contributed by atoms with Crippen LogP contribution in [0.4, 0.5) is 11.4 Å². The minimum Gasteiger partial charge on any atom is -0.466 e. The highest BCUT2D eigenvalue weighted by atomic mass is 79.9. The summed E-state index contributed by atoms with van der Waals surface area (Å²) < 4.78 is 8.95. The Hall–Kier alpha value is -1.84. The lowest BCUT2D eigenvalue weighted by atomic mass is 10.2. The Morgan fingerprint density at radius 1 is 1.35 bits per heavy atom. The lowest BCUT2D eigenvalue weighted by Gasteiger charge is -2.12. The van der Waals surface area contributed by atoms with E-state index in [-0.39, 0.29) is 25.9 Å². The zero-order valence-corrected chi connectivity index (χ0v) is 14.8. The van der Waals surface area contributed by atoms with Crippen LogP contribution in [-0.2, 0) is 19.1 Å². The highest BCUT2D eigenvalue weighted by molar-refractivity contribution is 9.10. The van der Waals surface area contributed by atoms with Crippen LogP contribution in [0.3, 0.4) is 0 Å². The Kier molecular flexibility index (Phi) is 6.79. The van der Waals surface area contributed by atoms with Crippen LogP contribution in [0.15, 0.2) is 22.3 Å². The Balaban J connectivity index is 3.47. The molecule has 0 unspecified atom stereocenters. The Labute approximate surface area is 148 Å². The summed E-state index contributed by atoms with van der Waals surface area (Å²) in [5.74, 6) is -1.81. The minimum absolute atomic E-state index is 0.0120. The van der Waals surface area contributed by atoms with Crippen molar-refractivity contribution in [2.45, 2.75) is 0 Å². The second-order valence-electron chi connectivity index (χ2n) is 3.84. The second kappa shape index (κ2) is 8.14. The molecule has 11 heteroatoms. The average Bonchev–Trinajstić information content (AvgIpc) is 2.52. The second-order valence-corrected chi connectivity index (χ2v) is 5.41. The van der Waals surface area contributed by atoms with Crippen LogP contribution in [0, 0.1) is 10.1 Å². The number of benzene rings is 1. The van der Waals surface area contributed by atoms with Gasteiger partial charge in [0.05, 0.1) is 39.7 Å². The van der Waals surface area contributed by atoms with Crippen molar-refractivity contribution in [2.24, 2.45) is 0 Å². The first-order valence-corrected chi connectivity index (χ1v) is 7.24. The van der Waals surface area contributed by atoms with E-state index in [2.05, 4.69) is 30.7 Å². The molecule has 8 nitrogen and oxygen atoms in total. The number of anilines is 1. The molecule has 0 aliphatic rings. The van der Waals surface area contributed by atoms with Crippen LogP contribution in [0.1, 0.15) is 0 Å². The highest BCUT2D eigenvalue weighted by Crippen LogP contribution is 2.43. The van der Waals surface area contributed by atoms with E-state index in [1.165, 1.54) is 0 Å². The molecule has 0 aliphatic carbocycles. The fourth-order valence-corrected chi connectivity index (χ4v) is 2.39. The molecule has 0 fully saturated rings. The number of hydrogen-bond donors (Lipinski definition) is 1. The molecule has 0 spiro atoms. The van der Waals surface area contributed by atoms with Crippen molar-refractivity contribution in [3.05, 3.63) is 42.5 Å². The van der Waals surface area contributed by atoms with Gasteiger partial charge in [0.2, 0.25) is 0 Å². The molecule has 0 saturated heterocycles. The van der Waals surface area contributed by atoms with Crippen molar-refractivity contribution >= 4 is 62.4 Å². The van der Waals surface area contributed by atoms with Crippen molar-refractivity contribution in [1.29, 1.82) is 0 Å². The van der Waals surface area contributed by atoms with E-state index < -0.39 is 22.5 Å². The molecule has 1 rings (SSSR count). The van der Waals surface area contributed by atoms with E-state index in [4.69, 9.17) is 23.2 Å². The number of halogens is 3. The fraction of sp³-hybridized carbons (Fsp3) is 0.167. The standard InChI is InChI=1S/C12H9BrCl2N2O6/c1-22-8(18)4-6(12(19)23-2)16-11-7(17(20)21)3-5(14)10(15)9(11)13/h3-4,16H,1-2H3/b6-4+. The average molecular weight is 428 g/mol. The number of nitro groups is 1. The summed E-state index contributed by atoms with van der Waals surface area (Å²) in [5, 5.41) is 13.5. The van der Waals surface area contributed by atoms with E-state index in [9.17, 15) is 19.7 Å². The van der Waals surface area contributed by atoms with E-state index in [1.54, 1.807) is 0 Å². The number of hydrogen-bond acceptors (Lipinski definition) is 7. The minimum atomic E-state index is -0.942. The summed E-state index contributed by atoms with van der Waals surface area (Å²) in [6.45, 7) is 0. The van der Waals surface area contributed by atoms with Gasteiger partial charge in [-0.25, -0.2) is 9.59 Å². The third kappa shape index (κ3) is 4.57. The lowest BCUT2D eigenvalue weighted by molar-refractivity contribution is -0.384. The summed E-state index contributed by atoms with van der Waals surface area (Å²) in [6.07, 6.45) is 0.782.